The lowest BCUT2D eigenvalue weighted by Crippen LogP contribution is -1.98. The van der Waals surface area contributed by atoms with Gasteiger partial charge in [0.25, 0.3) is 0 Å². The fourth-order valence-electron chi connectivity index (χ4n) is 1.84. The minimum absolute atomic E-state index is 0.0577. The van der Waals surface area contributed by atoms with Crippen molar-refractivity contribution < 1.29 is 5.11 Å². The van der Waals surface area contributed by atoms with Gasteiger partial charge in [-0.3, -0.25) is 9.89 Å². The highest BCUT2D eigenvalue weighted by Crippen LogP contribution is 2.12. The molecule has 18 heavy (non-hydrogen) atoms. The summed E-state index contributed by atoms with van der Waals surface area (Å²) < 4.78 is 1.71. The smallest absolute Gasteiger partial charge is 0.183 e. The minimum Gasteiger partial charge on any atom is -0.508 e. The normalized spacial score (nSPS) is 10.9. The van der Waals surface area contributed by atoms with E-state index >= 15 is 0 Å². The summed E-state index contributed by atoms with van der Waals surface area (Å²) in [4.78, 5) is 15.5. The van der Waals surface area contributed by atoms with E-state index in [2.05, 4.69) is 10.1 Å². The summed E-state index contributed by atoms with van der Waals surface area (Å²) in [5.41, 5.74) is 1.59. The van der Waals surface area contributed by atoms with Gasteiger partial charge >= 0.3 is 0 Å². The van der Waals surface area contributed by atoms with Gasteiger partial charge in [-0.1, -0.05) is 12.1 Å². The summed E-state index contributed by atoms with van der Waals surface area (Å²) in [6.07, 6.45) is 2.28. The summed E-state index contributed by atoms with van der Waals surface area (Å²) in [6.45, 7) is 0. The monoisotopic (exact) mass is 241 g/mol. The molecule has 0 saturated heterocycles. The number of hydrogen-bond donors (Lipinski definition) is 2. The average Bonchev–Trinajstić information content (AvgIpc) is 2.73. The number of benzene rings is 1. The first-order chi connectivity index (χ1) is 8.70. The van der Waals surface area contributed by atoms with E-state index in [-0.39, 0.29) is 11.2 Å². The van der Waals surface area contributed by atoms with E-state index in [1.807, 2.05) is 12.1 Å². The molecule has 3 rings (SSSR count). The third-order valence-corrected chi connectivity index (χ3v) is 2.71. The van der Waals surface area contributed by atoms with Crippen molar-refractivity contribution in [1.82, 2.24) is 14.6 Å². The van der Waals surface area contributed by atoms with Crippen LogP contribution in [0.5, 0.6) is 5.75 Å². The number of fused-ring (bicyclic) bond motifs is 1. The van der Waals surface area contributed by atoms with Gasteiger partial charge < -0.3 is 5.11 Å². The molecule has 0 amide bonds. The molecule has 2 aromatic heterocycles. The van der Waals surface area contributed by atoms with Gasteiger partial charge in [0.15, 0.2) is 11.1 Å². The predicted octanol–water partition coefficient (Wildman–Crippen LogP) is 1.32. The van der Waals surface area contributed by atoms with E-state index in [9.17, 15) is 9.90 Å². The van der Waals surface area contributed by atoms with E-state index in [0.29, 0.717) is 12.1 Å². The number of rotatable bonds is 2. The lowest BCUT2D eigenvalue weighted by Gasteiger charge is -1.97. The molecule has 0 unspecified atom stereocenters. The van der Waals surface area contributed by atoms with Gasteiger partial charge in [0, 0.05) is 24.8 Å². The molecule has 0 bridgehead atoms. The third kappa shape index (κ3) is 1.98. The number of H-pyrrole nitrogens is 1. The summed E-state index contributed by atoms with van der Waals surface area (Å²) >= 11 is 0. The topological polar surface area (TPSA) is 70.4 Å². The number of nitrogens with one attached hydrogen (secondary N) is 1. The van der Waals surface area contributed by atoms with Crippen LogP contribution in [0.15, 0.2) is 47.4 Å². The first kappa shape index (κ1) is 10.6. The van der Waals surface area contributed by atoms with Crippen molar-refractivity contribution in [3.8, 4) is 5.75 Å². The number of phenols is 1. The second kappa shape index (κ2) is 4.03. The quantitative estimate of drug-likeness (QED) is 0.710. The second-order valence-electron chi connectivity index (χ2n) is 4.10. The summed E-state index contributed by atoms with van der Waals surface area (Å²) in [5, 5.41) is 12.3. The first-order valence-corrected chi connectivity index (χ1v) is 5.56. The fraction of sp³-hybridized carbons (Fsp3) is 0.0769. The van der Waals surface area contributed by atoms with Gasteiger partial charge in [-0.2, -0.15) is 0 Å². The number of hydrogen-bond acceptors (Lipinski definition) is 3. The van der Waals surface area contributed by atoms with Crippen LogP contribution in [0.25, 0.3) is 5.65 Å². The van der Waals surface area contributed by atoms with Crippen LogP contribution in [0.2, 0.25) is 0 Å². The van der Waals surface area contributed by atoms with E-state index in [1.54, 1.807) is 22.8 Å². The molecular formula is C13H11N3O2. The zero-order valence-corrected chi connectivity index (χ0v) is 9.50. The van der Waals surface area contributed by atoms with E-state index in [0.717, 1.165) is 11.4 Å². The van der Waals surface area contributed by atoms with Crippen LogP contribution in [0.4, 0.5) is 0 Å². The van der Waals surface area contributed by atoms with Crippen LogP contribution in [0, 0.1) is 0 Å². The van der Waals surface area contributed by atoms with E-state index in [4.69, 9.17) is 0 Å². The first-order valence-electron chi connectivity index (χ1n) is 5.56. The second-order valence-corrected chi connectivity index (χ2v) is 4.10. The minimum atomic E-state index is -0.0577. The number of aromatic amines is 1. The lowest BCUT2D eigenvalue weighted by molar-refractivity contribution is 0.475. The molecule has 0 aliphatic carbocycles. The molecule has 2 N–H and O–H groups in total. The van der Waals surface area contributed by atoms with Gasteiger partial charge in [0.05, 0.1) is 0 Å². The molecule has 0 atom stereocenters. The van der Waals surface area contributed by atoms with Crippen molar-refractivity contribution in [2.24, 2.45) is 0 Å². The number of pyridine rings is 1. The summed E-state index contributed by atoms with van der Waals surface area (Å²) in [5.74, 6) is 1.01. The molecule has 0 aliphatic heterocycles. The fourth-order valence-corrected chi connectivity index (χ4v) is 1.84. The van der Waals surface area contributed by atoms with Gasteiger partial charge in [-0.05, 0) is 17.7 Å². The maximum Gasteiger partial charge on any atom is 0.183 e. The molecule has 90 valence electrons. The number of aromatic nitrogens is 3. The van der Waals surface area contributed by atoms with Crippen molar-refractivity contribution in [2.45, 2.75) is 6.42 Å². The molecule has 2 heterocycles. The molecular weight excluding hydrogens is 230 g/mol. The van der Waals surface area contributed by atoms with E-state index < -0.39 is 0 Å². The Hall–Kier alpha value is -2.56. The predicted molar refractivity (Wildman–Crippen MR) is 66.7 cm³/mol. The Morgan fingerprint density at radius 1 is 1.22 bits per heavy atom. The molecule has 0 saturated carbocycles. The van der Waals surface area contributed by atoms with Crippen molar-refractivity contribution in [2.75, 3.05) is 0 Å². The highest BCUT2D eigenvalue weighted by atomic mass is 16.3. The molecule has 5 nitrogen and oxygen atoms in total. The number of phenolic OH excluding ortho intramolecular Hbond substituents is 1. The van der Waals surface area contributed by atoms with Gasteiger partial charge in [0.2, 0.25) is 0 Å². The zero-order valence-electron chi connectivity index (χ0n) is 9.50. The molecule has 1 aromatic carbocycles. The highest BCUT2D eigenvalue weighted by molar-refractivity contribution is 5.37. The van der Waals surface area contributed by atoms with Crippen molar-refractivity contribution in [1.29, 1.82) is 0 Å². The van der Waals surface area contributed by atoms with Gasteiger partial charge in [-0.25, -0.2) is 9.50 Å². The molecule has 0 radical (unpaired) electrons. The van der Waals surface area contributed by atoms with Crippen molar-refractivity contribution >= 4 is 5.65 Å². The van der Waals surface area contributed by atoms with Crippen molar-refractivity contribution in [3.05, 3.63) is 64.2 Å². The average molecular weight is 241 g/mol. The largest absolute Gasteiger partial charge is 0.508 e. The molecule has 0 fully saturated rings. The third-order valence-electron chi connectivity index (χ3n) is 2.71. The van der Waals surface area contributed by atoms with Gasteiger partial charge in [0.1, 0.15) is 11.6 Å². The van der Waals surface area contributed by atoms with Crippen LogP contribution in [0.1, 0.15) is 11.4 Å². The van der Waals surface area contributed by atoms with E-state index in [1.165, 1.54) is 12.1 Å². The van der Waals surface area contributed by atoms with Gasteiger partial charge in [-0.15, -0.1) is 0 Å². The summed E-state index contributed by atoms with van der Waals surface area (Å²) in [7, 11) is 0. The Kier molecular flexibility index (Phi) is 2.37. The Balaban J connectivity index is 1.95. The molecule has 0 aliphatic rings. The standard InChI is InChI=1S/C13H11N3O2/c17-10-3-1-9(2-4-10)7-12-14-13-8-11(18)5-6-16(13)15-12/h1-6,8,17H,7H2,(H,14,15). The Bertz CT molecular complexity index is 741. The zero-order chi connectivity index (χ0) is 12.5. The van der Waals surface area contributed by atoms with Crippen LogP contribution < -0.4 is 5.43 Å². The Labute approximate surface area is 102 Å². The maximum absolute atomic E-state index is 11.2. The Morgan fingerprint density at radius 2 is 2.00 bits per heavy atom. The van der Waals surface area contributed by atoms with Crippen molar-refractivity contribution in [3.63, 3.8) is 0 Å². The molecule has 0 spiro atoms. The summed E-state index contributed by atoms with van der Waals surface area (Å²) in [6, 6.07) is 9.92. The highest BCUT2D eigenvalue weighted by Gasteiger charge is 2.03. The van der Waals surface area contributed by atoms with Crippen LogP contribution in [0.3, 0.4) is 0 Å². The number of nitrogens with zero attached hydrogens (tertiary/aromatic N) is 2. The van der Waals surface area contributed by atoms with Crippen LogP contribution in [-0.4, -0.2) is 19.7 Å². The van der Waals surface area contributed by atoms with Crippen LogP contribution >= 0.6 is 0 Å². The van der Waals surface area contributed by atoms with Crippen LogP contribution in [-0.2, 0) is 6.42 Å². The number of aromatic hydroxyl groups is 1. The molecule has 3 aromatic rings. The lowest BCUT2D eigenvalue weighted by atomic mass is 10.1. The SMILES string of the molecule is O=c1ccn2[nH]c(Cc3ccc(O)cc3)nc2c1. The maximum atomic E-state index is 11.2. The Morgan fingerprint density at radius 3 is 2.78 bits per heavy atom. The molecule has 5 heteroatoms.